The Balaban J connectivity index is 1.64. The molecule has 6 nitrogen and oxygen atoms in total. The Morgan fingerprint density at radius 3 is 2.55 bits per heavy atom. The van der Waals surface area contributed by atoms with Crippen molar-refractivity contribution in [3.63, 3.8) is 0 Å². The lowest BCUT2D eigenvalue weighted by atomic mass is 10.3. The molecule has 2 aromatic heterocycles. The molecule has 0 spiro atoms. The summed E-state index contributed by atoms with van der Waals surface area (Å²) in [5.41, 5.74) is 1.21. The van der Waals surface area contributed by atoms with Gasteiger partial charge in [0.1, 0.15) is 5.82 Å². The summed E-state index contributed by atoms with van der Waals surface area (Å²) >= 11 is 1.13. The highest BCUT2D eigenvalue weighted by molar-refractivity contribution is 7.99. The minimum atomic E-state index is -0.378. The molecular weight excluding hydrogens is 391 g/mol. The van der Waals surface area contributed by atoms with E-state index in [2.05, 4.69) is 15.3 Å². The molecule has 0 fully saturated rings. The van der Waals surface area contributed by atoms with Gasteiger partial charge < -0.3 is 5.32 Å². The van der Waals surface area contributed by atoms with Gasteiger partial charge >= 0.3 is 0 Å². The Bertz CT molecular complexity index is 1230. The number of anilines is 1. The maximum Gasteiger partial charge on any atom is 0.268 e. The van der Waals surface area contributed by atoms with Crippen LogP contribution < -0.4 is 10.9 Å². The van der Waals surface area contributed by atoms with Gasteiger partial charge in [0, 0.05) is 11.9 Å². The third-order valence-corrected chi connectivity index (χ3v) is 5.03. The first-order chi connectivity index (χ1) is 14.1. The van der Waals surface area contributed by atoms with Crippen LogP contribution in [0.3, 0.4) is 0 Å². The summed E-state index contributed by atoms with van der Waals surface area (Å²) in [7, 11) is 0. The van der Waals surface area contributed by atoms with E-state index in [-0.39, 0.29) is 23.0 Å². The number of amides is 1. The fraction of sp³-hybridized carbons (Fsp3) is 0.0476. The number of aromatic nitrogens is 3. The van der Waals surface area contributed by atoms with Crippen LogP contribution in [0.25, 0.3) is 16.7 Å². The molecule has 0 bridgehead atoms. The highest BCUT2D eigenvalue weighted by Gasteiger charge is 2.15. The minimum Gasteiger partial charge on any atom is -0.325 e. The van der Waals surface area contributed by atoms with Gasteiger partial charge in [0.15, 0.2) is 10.8 Å². The second-order valence-electron chi connectivity index (χ2n) is 6.09. The smallest absolute Gasteiger partial charge is 0.268 e. The van der Waals surface area contributed by atoms with Gasteiger partial charge in [0.2, 0.25) is 5.91 Å². The van der Waals surface area contributed by atoms with Crippen LogP contribution in [0, 0.1) is 5.82 Å². The van der Waals surface area contributed by atoms with Gasteiger partial charge in [-0.1, -0.05) is 30.0 Å². The lowest BCUT2D eigenvalue weighted by Crippen LogP contribution is -2.23. The average Bonchev–Trinajstić information content (AvgIpc) is 2.75. The summed E-state index contributed by atoms with van der Waals surface area (Å²) in [5.74, 6) is -0.650. The second kappa shape index (κ2) is 8.24. The van der Waals surface area contributed by atoms with E-state index in [0.717, 1.165) is 11.8 Å². The van der Waals surface area contributed by atoms with Crippen molar-refractivity contribution >= 4 is 34.4 Å². The number of nitrogens with zero attached hydrogens (tertiary/aromatic N) is 3. The number of hydrogen-bond acceptors (Lipinski definition) is 5. The van der Waals surface area contributed by atoms with Gasteiger partial charge in [-0.25, -0.2) is 14.4 Å². The SMILES string of the molecule is O=C(CSc1nc2ncccc2c(=O)n1-c1ccccc1)Nc1ccc(F)cc1. The van der Waals surface area contributed by atoms with Crippen LogP contribution in [0.5, 0.6) is 0 Å². The number of halogens is 1. The van der Waals surface area contributed by atoms with E-state index in [1.807, 2.05) is 18.2 Å². The molecule has 0 atom stereocenters. The van der Waals surface area contributed by atoms with Gasteiger partial charge in [0.25, 0.3) is 5.56 Å². The van der Waals surface area contributed by atoms with Crippen molar-refractivity contribution in [1.29, 1.82) is 0 Å². The maximum absolute atomic E-state index is 13.1. The fourth-order valence-corrected chi connectivity index (χ4v) is 3.56. The highest BCUT2D eigenvalue weighted by atomic mass is 32.2. The van der Waals surface area contributed by atoms with Crippen LogP contribution in [0.15, 0.2) is 82.9 Å². The maximum atomic E-state index is 13.1. The van der Waals surface area contributed by atoms with Gasteiger partial charge in [-0.05, 0) is 48.5 Å². The van der Waals surface area contributed by atoms with Crippen molar-refractivity contribution < 1.29 is 9.18 Å². The molecule has 144 valence electrons. The van der Waals surface area contributed by atoms with E-state index >= 15 is 0 Å². The van der Waals surface area contributed by atoms with E-state index in [0.29, 0.717) is 27.6 Å². The topological polar surface area (TPSA) is 76.9 Å². The summed E-state index contributed by atoms with van der Waals surface area (Å²) < 4.78 is 14.5. The van der Waals surface area contributed by atoms with Crippen molar-refractivity contribution in [3.8, 4) is 5.69 Å². The normalized spacial score (nSPS) is 10.8. The molecule has 0 aliphatic rings. The zero-order chi connectivity index (χ0) is 20.2. The predicted molar refractivity (Wildman–Crippen MR) is 111 cm³/mol. The Kier molecular flexibility index (Phi) is 5.35. The second-order valence-corrected chi connectivity index (χ2v) is 7.03. The predicted octanol–water partition coefficient (Wildman–Crippen LogP) is 3.65. The third-order valence-electron chi connectivity index (χ3n) is 4.09. The van der Waals surface area contributed by atoms with Gasteiger partial charge in [-0.2, -0.15) is 0 Å². The first kappa shape index (κ1) is 18.8. The summed E-state index contributed by atoms with van der Waals surface area (Å²) in [6, 6.07) is 18.0. The van der Waals surface area contributed by atoms with E-state index < -0.39 is 0 Å². The van der Waals surface area contributed by atoms with Crippen LogP contribution in [0.1, 0.15) is 0 Å². The molecule has 0 unspecified atom stereocenters. The van der Waals surface area contributed by atoms with Crippen molar-refractivity contribution in [1.82, 2.24) is 14.5 Å². The highest BCUT2D eigenvalue weighted by Crippen LogP contribution is 2.21. The average molecular weight is 406 g/mol. The zero-order valence-corrected chi connectivity index (χ0v) is 15.9. The number of benzene rings is 2. The number of hydrogen-bond donors (Lipinski definition) is 1. The zero-order valence-electron chi connectivity index (χ0n) is 15.1. The molecule has 1 N–H and O–H groups in total. The third kappa shape index (κ3) is 4.17. The van der Waals surface area contributed by atoms with E-state index in [1.54, 1.807) is 30.5 Å². The molecule has 1 amide bonds. The number of carbonyl (C=O) groups excluding carboxylic acids is 1. The molecule has 0 radical (unpaired) electrons. The summed E-state index contributed by atoms with van der Waals surface area (Å²) in [6.07, 6.45) is 1.57. The van der Waals surface area contributed by atoms with E-state index in [4.69, 9.17) is 0 Å². The van der Waals surface area contributed by atoms with Crippen molar-refractivity contribution in [2.24, 2.45) is 0 Å². The molecular formula is C21H15FN4O2S. The first-order valence-electron chi connectivity index (χ1n) is 8.73. The molecule has 29 heavy (non-hydrogen) atoms. The quantitative estimate of drug-likeness (QED) is 0.404. The van der Waals surface area contributed by atoms with Gasteiger partial charge in [-0.3, -0.25) is 14.2 Å². The number of carbonyl (C=O) groups is 1. The van der Waals surface area contributed by atoms with E-state index in [1.165, 1.54) is 28.8 Å². The Hall–Kier alpha value is -3.52. The molecule has 2 aromatic carbocycles. The molecule has 4 aromatic rings. The van der Waals surface area contributed by atoms with Crippen LogP contribution in [-0.4, -0.2) is 26.2 Å². The summed E-state index contributed by atoms with van der Waals surface area (Å²) in [5, 5.41) is 3.46. The van der Waals surface area contributed by atoms with Gasteiger partial charge in [0.05, 0.1) is 16.8 Å². The van der Waals surface area contributed by atoms with Crippen LogP contribution in [-0.2, 0) is 4.79 Å². The lowest BCUT2D eigenvalue weighted by molar-refractivity contribution is -0.113. The molecule has 8 heteroatoms. The van der Waals surface area contributed by atoms with Crippen molar-refractivity contribution in [3.05, 3.63) is 89.1 Å². The van der Waals surface area contributed by atoms with Crippen LogP contribution in [0.2, 0.25) is 0 Å². The van der Waals surface area contributed by atoms with Crippen molar-refractivity contribution in [2.45, 2.75) is 5.16 Å². The molecule has 0 aliphatic heterocycles. The molecule has 0 aliphatic carbocycles. The Labute approximate surface area is 169 Å². The largest absolute Gasteiger partial charge is 0.325 e. The van der Waals surface area contributed by atoms with E-state index in [9.17, 15) is 14.0 Å². The summed E-state index contributed by atoms with van der Waals surface area (Å²) in [6.45, 7) is 0. The number of fused-ring (bicyclic) bond motifs is 1. The van der Waals surface area contributed by atoms with Gasteiger partial charge in [-0.15, -0.1) is 0 Å². The standard InChI is InChI=1S/C21H15FN4O2S/c22-14-8-10-15(11-9-14)24-18(27)13-29-21-25-19-17(7-4-12-23-19)20(28)26(21)16-5-2-1-3-6-16/h1-12H,13H2,(H,24,27). The Morgan fingerprint density at radius 2 is 1.79 bits per heavy atom. The van der Waals surface area contributed by atoms with Crippen molar-refractivity contribution in [2.75, 3.05) is 11.1 Å². The molecule has 2 heterocycles. The number of rotatable bonds is 5. The molecule has 0 saturated heterocycles. The number of nitrogens with one attached hydrogen (secondary N) is 1. The minimum absolute atomic E-state index is 0.0228. The lowest BCUT2D eigenvalue weighted by Gasteiger charge is -2.12. The monoisotopic (exact) mass is 406 g/mol. The molecule has 0 saturated carbocycles. The van der Waals surface area contributed by atoms with Crippen LogP contribution in [0.4, 0.5) is 10.1 Å². The fourth-order valence-electron chi connectivity index (χ4n) is 2.76. The summed E-state index contributed by atoms with van der Waals surface area (Å²) in [4.78, 5) is 34.0. The number of para-hydroxylation sites is 1. The molecule has 4 rings (SSSR count). The number of pyridine rings is 1. The van der Waals surface area contributed by atoms with Crippen LogP contribution >= 0.6 is 11.8 Å². The number of thioether (sulfide) groups is 1. The Morgan fingerprint density at radius 1 is 1.03 bits per heavy atom. The first-order valence-corrected chi connectivity index (χ1v) is 9.72.